The van der Waals surface area contributed by atoms with Gasteiger partial charge in [0, 0.05) is 22.0 Å². The summed E-state index contributed by atoms with van der Waals surface area (Å²) in [4.78, 5) is 28.0. The van der Waals surface area contributed by atoms with E-state index < -0.39 is 11.2 Å². The molecule has 1 fully saturated rings. The number of benzene rings is 2. The van der Waals surface area contributed by atoms with E-state index in [1.165, 1.54) is 28.8 Å². The average molecular weight is 527 g/mol. The van der Waals surface area contributed by atoms with Gasteiger partial charge in [0.2, 0.25) is 11.8 Å². The van der Waals surface area contributed by atoms with Crippen molar-refractivity contribution >= 4 is 41.0 Å². The van der Waals surface area contributed by atoms with Crippen molar-refractivity contribution < 1.29 is 14.0 Å². The van der Waals surface area contributed by atoms with E-state index in [1.54, 1.807) is 16.8 Å². The molecule has 188 valence electrons. The Morgan fingerprint density at radius 2 is 1.94 bits per heavy atom. The molecule has 2 aliphatic rings. The van der Waals surface area contributed by atoms with E-state index in [0.717, 1.165) is 29.7 Å². The molecule has 9 heteroatoms. The van der Waals surface area contributed by atoms with Crippen LogP contribution in [0.5, 0.6) is 0 Å². The quantitative estimate of drug-likeness (QED) is 0.482. The average Bonchev–Trinajstić information content (AvgIpc) is 3.56. The van der Waals surface area contributed by atoms with Gasteiger partial charge in [-0.15, -0.1) is 11.8 Å². The van der Waals surface area contributed by atoms with Crippen LogP contribution < -0.4 is 10.2 Å². The van der Waals surface area contributed by atoms with Gasteiger partial charge in [0.25, 0.3) is 0 Å². The molecule has 3 aromatic rings. The Morgan fingerprint density at radius 1 is 1.19 bits per heavy atom. The van der Waals surface area contributed by atoms with Crippen molar-refractivity contribution in [2.75, 3.05) is 17.2 Å². The SMILES string of the molecule is CC(C)(C)c1nn(-c2cccc(F)c2)c2c1C(c1ccccc1Cl)SCC(=O)N2CC(=O)NC1CC1. The molecule has 36 heavy (non-hydrogen) atoms. The second kappa shape index (κ2) is 9.56. The summed E-state index contributed by atoms with van der Waals surface area (Å²) in [6, 6.07) is 13.9. The van der Waals surface area contributed by atoms with Crippen LogP contribution in [-0.4, -0.2) is 39.9 Å². The molecule has 1 unspecified atom stereocenters. The number of hydrogen-bond donors (Lipinski definition) is 1. The highest BCUT2D eigenvalue weighted by Gasteiger charge is 2.40. The molecule has 6 nitrogen and oxygen atoms in total. The zero-order valence-corrected chi connectivity index (χ0v) is 22.0. The second-order valence-electron chi connectivity index (χ2n) is 10.3. The number of amides is 2. The number of halogens is 2. The minimum Gasteiger partial charge on any atom is -0.352 e. The maximum atomic E-state index is 14.3. The Kier molecular flexibility index (Phi) is 6.59. The molecule has 0 saturated heterocycles. The van der Waals surface area contributed by atoms with Crippen molar-refractivity contribution in [3.8, 4) is 5.69 Å². The van der Waals surface area contributed by atoms with Gasteiger partial charge in [0.15, 0.2) is 0 Å². The lowest BCUT2D eigenvalue weighted by molar-refractivity contribution is -0.123. The first-order valence-corrected chi connectivity index (χ1v) is 13.4. The van der Waals surface area contributed by atoms with E-state index in [4.69, 9.17) is 16.7 Å². The Bertz CT molecular complexity index is 1330. The van der Waals surface area contributed by atoms with Gasteiger partial charge in [0.1, 0.15) is 18.2 Å². The van der Waals surface area contributed by atoms with Crippen LogP contribution in [0.3, 0.4) is 0 Å². The smallest absolute Gasteiger partial charge is 0.240 e. The van der Waals surface area contributed by atoms with Gasteiger partial charge in [-0.3, -0.25) is 14.5 Å². The van der Waals surface area contributed by atoms with Crippen LogP contribution in [0, 0.1) is 5.82 Å². The third-order valence-corrected chi connectivity index (χ3v) is 7.86. The predicted molar refractivity (Wildman–Crippen MR) is 141 cm³/mol. The minimum atomic E-state index is -0.413. The maximum Gasteiger partial charge on any atom is 0.240 e. The summed E-state index contributed by atoms with van der Waals surface area (Å²) in [5.41, 5.74) is 2.52. The van der Waals surface area contributed by atoms with Gasteiger partial charge >= 0.3 is 0 Å². The largest absolute Gasteiger partial charge is 0.352 e. The van der Waals surface area contributed by atoms with Gasteiger partial charge < -0.3 is 5.32 Å². The molecule has 1 aromatic heterocycles. The molecule has 0 radical (unpaired) electrons. The van der Waals surface area contributed by atoms with Crippen LogP contribution in [-0.2, 0) is 15.0 Å². The topological polar surface area (TPSA) is 67.2 Å². The van der Waals surface area contributed by atoms with Crippen LogP contribution >= 0.6 is 23.4 Å². The summed E-state index contributed by atoms with van der Waals surface area (Å²) in [5.74, 6) is -0.198. The third kappa shape index (κ3) is 4.89. The maximum absolute atomic E-state index is 14.3. The standard InChI is InChI=1S/C27H28ClFN4O2S/c1-27(2,3)25-23-24(19-9-4-5-10-20(19)28)36-15-22(35)32(14-21(34)30-17-11-12-17)26(23)33(31-25)18-8-6-7-16(29)13-18/h4-10,13,17,24H,11-12,14-15H2,1-3H3,(H,30,34). The molecule has 1 aliphatic carbocycles. The zero-order chi connectivity index (χ0) is 25.6. The minimum absolute atomic E-state index is 0.136. The highest BCUT2D eigenvalue weighted by Crippen LogP contribution is 2.49. The molecule has 1 aliphatic heterocycles. The van der Waals surface area contributed by atoms with Gasteiger partial charge in [-0.2, -0.15) is 5.10 Å². The summed E-state index contributed by atoms with van der Waals surface area (Å²) in [6.45, 7) is 6.02. The third-order valence-electron chi connectivity index (χ3n) is 6.28. The molecular formula is C27H28ClFN4O2S. The van der Waals surface area contributed by atoms with E-state index in [0.29, 0.717) is 16.5 Å². The number of fused-ring (bicyclic) bond motifs is 1. The number of rotatable bonds is 5. The number of carbonyl (C=O) groups is 2. The second-order valence-corrected chi connectivity index (χ2v) is 11.8. The fraction of sp³-hybridized carbons (Fsp3) is 0.370. The summed E-state index contributed by atoms with van der Waals surface area (Å²) in [6.07, 6.45) is 1.90. The van der Waals surface area contributed by atoms with Crippen molar-refractivity contribution in [3.63, 3.8) is 0 Å². The van der Waals surface area contributed by atoms with Gasteiger partial charge in [-0.1, -0.05) is 56.6 Å². The lowest BCUT2D eigenvalue weighted by Gasteiger charge is -2.25. The number of anilines is 1. The van der Waals surface area contributed by atoms with Crippen molar-refractivity contribution in [2.24, 2.45) is 0 Å². The van der Waals surface area contributed by atoms with E-state index in [9.17, 15) is 14.0 Å². The normalized spacial score (nSPS) is 18.1. The van der Waals surface area contributed by atoms with Crippen molar-refractivity contribution in [1.29, 1.82) is 0 Å². The number of aromatic nitrogens is 2. The summed E-state index contributed by atoms with van der Waals surface area (Å²) >= 11 is 8.12. The van der Waals surface area contributed by atoms with Crippen molar-refractivity contribution in [1.82, 2.24) is 15.1 Å². The lowest BCUT2D eigenvalue weighted by Crippen LogP contribution is -2.43. The fourth-order valence-electron chi connectivity index (χ4n) is 4.44. The van der Waals surface area contributed by atoms with Crippen LogP contribution in [0.25, 0.3) is 5.69 Å². The number of hydrogen-bond acceptors (Lipinski definition) is 4. The fourth-order valence-corrected chi connectivity index (χ4v) is 5.98. The molecule has 1 saturated carbocycles. The van der Waals surface area contributed by atoms with Crippen LogP contribution in [0.1, 0.15) is 55.7 Å². The molecule has 2 heterocycles. The summed E-state index contributed by atoms with van der Waals surface area (Å²) in [5, 5.41) is 8.22. The van der Waals surface area contributed by atoms with Crippen LogP contribution in [0.2, 0.25) is 5.02 Å². The number of thioether (sulfide) groups is 1. The van der Waals surface area contributed by atoms with E-state index >= 15 is 0 Å². The van der Waals surface area contributed by atoms with Gasteiger partial charge in [-0.25, -0.2) is 9.07 Å². The Hall–Kier alpha value is -2.84. The Labute approximate surface area is 219 Å². The van der Waals surface area contributed by atoms with Crippen molar-refractivity contribution in [3.05, 3.63) is 76.2 Å². The monoisotopic (exact) mass is 526 g/mol. The first-order valence-electron chi connectivity index (χ1n) is 12.0. The highest BCUT2D eigenvalue weighted by atomic mass is 35.5. The molecule has 0 bridgehead atoms. The molecule has 2 aromatic carbocycles. The molecule has 0 spiro atoms. The summed E-state index contributed by atoms with van der Waals surface area (Å²) in [7, 11) is 0. The van der Waals surface area contributed by atoms with Crippen LogP contribution in [0.15, 0.2) is 48.5 Å². The first kappa shape index (κ1) is 24.8. The first-order chi connectivity index (χ1) is 17.1. The van der Waals surface area contributed by atoms with Gasteiger partial charge in [-0.05, 0) is 42.7 Å². The molecule has 2 amide bonds. The molecule has 5 rings (SSSR count). The Morgan fingerprint density at radius 3 is 2.61 bits per heavy atom. The predicted octanol–water partition coefficient (Wildman–Crippen LogP) is 5.41. The lowest BCUT2D eigenvalue weighted by atomic mass is 9.87. The van der Waals surface area contributed by atoms with Crippen LogP contribution in [0.4, 0.5) is 10.2 Å². The van der Waals surface area contributed by atoms with E-state index in [2.05, 4.69) is 26.1 Å². The number of nitrogens with one attached hydrogen (secondary N) is 1. The molecule has 1 N–H and O–H groups in total. The van der Waals surface area contributed by atoms with E-state index in [1.807, 2.05) is 24.3 Å². The molecule has 1 atom stereocenters. The van der Waals surface area contributed by atoms with Gasteiger partial charge in [0.05, 0.1) is 22.4 Å². The highest BCUT2D eigenvalue weighted by molar-refractivity contribution is 8.00. The molecular weight excluding hydrogens is 499 g/mol. The zero-order valence-electron chi connectivity index (χ0n) is 20.4. The summed E-state index contributed by atoms with van der Waals surface area (Å²) < 4.78 is 15.9. The number of nitrogens with zero attached hydrogens (tertiary/aromatic N) is 3. The van der Waals surface area contributed by atoms with Crippen molar-refractivity contribution in [2.45, 2.75) is 50.3 Å². The van der Waals surface area contributed by atoms with E-state index in [-0.39, 0.29) is 35.4 Å². The number of carbonyl (C=O) groups excluding carboxylic acids is 2. The Balaban J connectivity index is 1.76.